The minimum absolute atomic E-state index is 0.0731. The summed E-state index contributed by atoms with van der Waals surface area (Å²) in [6, 6.07) is 20.7. The summed E-state index contributed by atoms with van der Waals surface area (Å²) in [6.07, 6.45) is -1.85. The Balaban J connectivity index is 1.68. The molecule has 0 radical (unpaired) electrons. The summed E-state index contributed by atoms with van der Waals surface area (Å²) in [5.41, 5.74) is 7.14. The molecule has 0 bridgehead atoms. The van der Waals surface area contributed by atoms with Gasteiger partial charge in [-0.25, -0.2) is 20.0 Å². The number of ether oxygens (including phenoxy) is 4. The molecule has 12 nitrogen and oxygen atoms in total. The van der Waals surface area contributed by atoms with Gasteiger partial charge in [0, 0.05) is 25.5 Å². The number of alkyl carbamates (subject to hydrolysis) is 1. The molecule has 250 valence electrons. The van der Waals surface area contributed by atoms with E-state index >= 15 is 0 Å². The number of rotatable bonds is 8. The van der Waals surface area contributed by atoms with Gasteiger partial charge in [0.15, 0.2) is 6.29 Å². The van der Waals surface area contributed by atoms with Crippen LogP contribution < -0.4 is 21.1 Å². The lowest BCUT2D eigenvalue weighted by molar-refractivity contribution is -0.0985. The Kier molecular flexibility index (Phi) is 11.0. The summed E-state index contributed by atoms with van der Waals surface area (Å²) in [7, 11) is 2.95. The molecule has 0 unspecified atom stereocenters. The van der Waals surface area contributed by atoms with Gasteiger partial charge in [0.1, 0.15) is 11.2 Å². The van der Waals surface area contributed by atoms with E-state index in [0.29, 0.717) is 23.4 Å². The Morgan fingerprint density at radius 2 is 1.51 bits per heavy atom. The van der Waals surface area contributed by atoms with Crippen LogP contribution in [0.25, 0.3) is 11.1 Å². The van der Waals surface area contributed by atoms with Crippen molar-refractivity contribution in [3.05, 3.63) is 83.4 Å². The van der Waals surface area contributed by atoms with Gasteiger partial charge in [-0.1, -0.05) is 42.5 Å². The second-order valence-corrected chi connectivity index (χ2v) is 12.8. The molecule has 0 saturated carbocycles. The van der Waals surface area contributed by atoms with Crippen molar-refractivity contribution in [2.75, 3.05) is 31.1 Å². The Morgan fingerprint density at radius 1 is 0.851 bits per heavy atom. The number of anilines is 2. The van der Waals surface area contributed by atoms with E-state index in [4.69, 9.17) is 18.9 Å². The normalized spacial score (nSPS) is 12.7. The second-order valence-electron chi connectivity index (χ2n) is 12.8. The number of benzene rings is 3. The molecule has 47 heavy (non-hydrogen) atoms. The van der Waals surface area contributed by atoms with Gasteiger partial charge in [0.25, 0.3) is 5.91 Å². The smallest absolute Gasteiger partial charge is 0.437 e. The number of carbonyl (C=O) groups excluding carboxylic acids is 3. The number of hydrazine groups is 1. The van der Waals surface area contributed by atoms with Crippen LogP contribution in [-0.4, -0.2) is 62.3 Å². The molecule has 3 aromatic carbocycles. The van der Waals surface area contributed by atoms with E-state index in [2.05, 4.69) is 33.2 Å². The predicted octanol–water partition coefficient (Wildman–Crippen LogP) is 6.26. The molecule has 3 N–H and O–H groups in total. The van der Waals surface area contributed by atoms with Gasteiger partial charge in [-0.05, 0) is 94.5 Å². The third-order valence-corrected chi connectivity index (χ3v) is 6.81. The van der Waals surface area contributed by atoms with Crippen LogP contribution in [0.4, 0.5) is 21.0 Å². The summed E-state index contributed by atoms with van der Waals surface area (Å²) < 4.78 is 21.5. The SMILES string of the molecule is COC(CNN(C(=NC(=O)OC(C)(C)C)NC(=O)OC(C)(C)C)c1cccc(NC(=O)c2cccc3c2Cc2ccccc2-3)c1)OC. The van der Waals surface area contributed by atoms with E-state index < -0.39 is 29.7 Å². The minimum atomic E-state index is -0.950. The molecule has 3 amide bonds. The number of hydrogen-bond acceptors (Lipinski definition) is 8. The lowest BCUT2D eigenvalue weighted by Gasteiger charge is -2.29. The quantitative estimate of drug-likeness (QED) is 0.0877. The summed E-state index contributed by atoms with van der Waals surface area (Å²) >= 11 is 0. The largest absolute Gasteiger partial charge is 0.444 e. The fourth-order valence-corrected chi connectivity index (χ4v) is 4.91. The van der Waals surface area contributed by atoms with Crippen molar-refractivity contribution in [3.63, 3.8) is 0 Å². The zero-order valence-electron chi connectivity index (χ0n) is 28.1. The summed E-state index contributed by atoms with van der Waals surface area (Å²) in [4.78, 5) is 43.6. The van der Waals surface area contributed by atoms with Crippen LogP contribution in [0.2, 0.25) is 0 Å². The van der Waals surface area contributed by atoms with Crippen molar-refractivity contribution in [1.29, 1.82) is 0 Å². The minimum Gasteiger partial charge on any atom is -0.444 e. The molecule has 3 aromatic rings. The summed E-state index contributed by atoms with van der Waals surface area (Å²) in [5.74, 6) is -0.527. The number of nitrogens with zero attached hydrogens (tertiary/aromatic N) is 2. The van der Waals surface area contributed by atoms with Crippen molar-refractivity contribution >= 4 is 35.4 Å². The first kappa shape index (κ1) is 35.1. The van der Waals surface area contributed by atoms with Crippen LogP contribution >= 0.6 is 0 Å². The average Bonchev–Trinajstić information content (AvgIpc) is 3.36. The number of nitrogens with one attached hydrogen (secondary N) is 3. The third kappa shape index (κ3) is 9.61. The zero-order chi connectivity index (χ0) is 34.4. The molecule has 0 atom stereocenters. The number of fused-ring (bicyclic) bond motifs is 3. The van der Waals surface area contributed by atoms with Gasteiger partial charge >= 0.3 is 12.2 Å². The van der Waals surface area contributed by atoms with Crippen LogP contribution in [0.5, 0.6) is 0 Å². The van der Waals surface area contributed by atoms with E-state index in [1.54, 1.807) is 65.8 Å². The maximum absolute atomic E-state index is 13.7. The molecule has 4 rings (SSSR count). The van der Waals surface area contributed by atoms with E-state index in [0.717, 1.165) is 16.7 Å². The van der Waals surface area contributed by atoms with Crippen LogP contribution in [-0.2, 0) is 25.4 Å². The topological polar surface area (TPSA) is 140 Å². The average molecular weight is 646 g/mol. The highest BCUT2D eigenvalue weighted by molar-refractivity contribution is 6.09. The molecule has 0 aromatic heterocycles. The Labute approximate surface area is 275 Å². The molecule has 0 spiro atoms. The predicted molar refractivity (Wildman–Crippen MR) is 180 cm³/mol. The number of aliphatic imine (C=N–C) groups is 1. The van der Waals surface area contributed by atoms with Crippen molar-refractivity contribution < 1.29 is 33.3 Å². The lowest BCUT2D eigenvalue weighted by Crippen LogP contribution is -2.54. The Bertz CT molecular complexity index is 1640. The van der Waals surface area contributed by atoms with Crippen LogP contribution in [0.3, 0.4) is 0 Å². The van der Waals surface area contributed by atoms with E-state index in [9.17, 15) is 14.4 Å². The van der Waals surface area contributed by atoms with E-state index in [-0.39, 0.29) is 18.4 Å². The maximum Gasteiger partial charge on any atom is 0.437 e. The first-order valence-electron chi connectivity index (χ1n) is 15.2. The number of carbonyl (C=O) groups is 3. The Morgan fingerprint density at radius 3 is 2.19 bits per heavy atom. The molecule has 0 aliphatic heterocycles. The molecule has 0 saturated heterocycles. The number of hydrogen-bond donors (Lipinski definition) is 3. The highest BCUT2D eigenvalue weighted by Gasteiger charge is 2.27. The molecule has 0 heterocycles. The first-order valence-corrected chi connectivity index (χ1v) is 15.2. The van der Waals surface area contributed by atoms with Gasteiger partial charge in [-0.15, -0.1) is 4.99 Å². The standard InChI is InChI=1S/C35H43N5O7/c1-34(2,3)46-32(42)38-31(39-33(43)47-35(4,5)6)40(36-21-29(44-7)45-8)24-15-11-14-23(20-24)37-30(41)27-18-12-17-26-25-16-10-9-13-22(25)19-28(26)27/h9-18,20,29,36H,19,21H2,1-8H3,(H,37,41)(H,38,39,42,43). The highest BCUT2D eigenvalue weighted by Crippen LogP contribution is 2.38. The van der Waals surface area contributed by atoms with Crippen LogP contribution in [0.15, 0.2) is 71.7 Å². The van der Waals surface area contributed by atoms with Crippen molar-refractivity contribution in [2.45, 2.75) is 65.5 Å². The maximum atomic E-state index is 13.7. The van der Waals surface area contributed by atoms with Crippen molar-refractivity contribution in [1.82, 2.24) is 10.7 Å². The molecule has 1 aliphatic carbocycles. The molecule has 1 aliphatic rings. The third-order valence-electron chi connectivity index (χ3n) is 6.81. The molecular weight excluding hydrogens is 602 g/mol. The zero-order valence-corrected chi connectivity index (χ0v) is 28.1. The fraction of sp³-hybridized carbons (Fsp3) is 0.371. The number of amides is 3. The second kappa shape index (κ2) is 14.8. The first-order chi connectivity index (χ1) is 22.2. The molecular formula is C35H43N5O7. The highest BCUT2D eigenvalue weighted by atomic mass is 16.7. The van der Waals surface area contributed by atoms with Crippen LogP contribution in [0, 0.1) is 0 Å². The van der Waals surface area contributed by atoms with Gasteiger partial charge in [0.05, 0.1) is 12.2 Å². The van der Waals surface area contributed by atoms with Crippen molar-refractivity contribution in [3.8, 4) is 11.1 Å². The fourth-order valence-electron chi connectivity index (χ4n) is 4.91. The van der Waals surface area contributed by atoms with Crippen LogP contribution in [0.1, 0.15) is 63.0 Å². The lowest BCUT2D eigenvalue weighted by atomic mass is 10.0. The summed E-state index contributed by atoms with van der Waals surface area (Å²) in [5, 5.41) is 6.90. The Hall–Kier alpha value is -4.78. The van der Waals surface area contributed by atoms with Gasteiger partial charge < -0.3 is 24.3 Å². The monoisotopic (exact) mass is 645 g/mol. The van der Waals surface area contributed by atoms with Crippen molar-refractivity contribution in [2.24, 2.45) is 4.99 Å². The summed E-state index contributed by atoms with van der Waals surface area (Å²) in [6.45, 7) is 10.3. The van der Waals surface area contributed by atoms with E-state index in [1.807, 2.05) is 30.3 Å². The van der Waals surface area contributed by atoms with E-state index in [1.165, 1.54) is 24.8 Å². The number of guanidine groups is 1. The number of methoxy groups -OCH3 is 2. The van der Waals surface area contributed by atoms with Gasteiger partial charge in [-0.3, -0.25) is 10.1 Å². The van der Waals surface area contributed by atoms with Gasteiger partial charge in [-0.2, -0.15) is 0 Å². The van der Waals surface area contributed by atoms with Gasteiger partial charge in [0.2, 0.25) is 5.96 Å². The molecule has 12 heteroatoms. The molecule has 0 fully saturated rings.